The molecule has 2 rings (SSSR count). The predicted octanol–water partition coefficient (Wildman–Crippen LogP) is 7.20. The Bertz CT molecular complexity index is 502. The lowest BCUT2D eigenvalue weighted by molar-refractivity contribution is 1.35. The summed E-state index contributed by atoms with van der Waals surface area (Å²) in [5.74, 6) is 0. The Morgan fingerprint density at radius 3 is 1.05 bits per heavy atom. The Kier molecular flexibility index (Phi) is 9.95. The van der Waals surface area contributed by atoms with Gasteiger partial charge in [-0.3, -0.25) is 0 Å². The summed E-state index contributed by atoms with van der Waals surface area (Å²) in [6, 6.07) is 17.5. The first-order valence-corrected chi connectivity index (χ1v) is 8.39. The summed E-state index contributed by atoms with van der Waals surface area (Å²) in [6.45, 7) is 16.6. The Morgan fingerprint density at radius 1 is 0.545 bits per heavy atom. The van der Waals surface area contributed by atoms with E-state index in [2.05, 4.69) is 76.2 Å². The van der Waals surface area contributed by atoms with Crippen LogP contribution in [0.2, 0.25) is 0 Å². The zero-order valence-electron chi connectivity index (χ0n) is 15.6. The van der Waals surface area contributed by atoms with E-state index in [1.807, 2.05) is 27.7 Å². The molecule has 0 aromatic heterocycles. The number of hydrogen-bond donors (Lipinski definition) is 0. The molecule has 0 atom stereocenters. The largest absolute Gasteiger partial charge is 0.0683 e. The van der Waals surface area contributed by atoms with Gasteiger partial charge in [-0.1, -0.05) is 92.9 Å². The van der Waals surface area contributed by atoms with Crippen molar-refractivity contribution in [2.24, 2.45) is 0 Å². The van der Waals surface area contributed by atoms with E-state index in [1.165, 1.54) is 33.4 Å². The van der Waals surface area contributed by atoms with E-state index in [0.717, 1.165) is 0 Å². The van der Waals surface area contributed by atoms with Gasteiger partial charge in [0, 0.05) is 0 Å². The summed E-state index contributed by atoms with van der Waals surface area (Å²) in [5, 5.41) is 0. The second kappa shape index (κ2) is 10.8. The van der Waals surface area contributed by atoms with E-state index in [9.17, 15) is 0 Å². The highest BCUT2D eigenvalue weighted by Crippen LogP contribution is 2.27. The molecule has 0 heterocycles. The first kappa shape index (κ1) is 20.2. The Balaban J connectivity index is 0.00000102. The van der Waals surface area contributed by atoms with E-state index < -0.39 is 0 Å². The normalized spacial score (nSPS) is 8.91. The van der Waals surface area contributed by atoms with E-state index in [-0.39, 0.29) is 0 Å². The average Bonchev–Trinajstić information content (AvgIpc) is 2.55. The lowest BCUT2D eigenvalue weighted by Gasteiger charge is -2.11. The number of allylic oxidation sites excluding steroid dienone is 1. The molecule has 0 amide bonds. The van der Waals surface area contributed by atoms with E-state index in [1.54, 1.807) is 0 Å². The lowest BCUT2D eigenvalue weighted by atomic mass is 9.93. The molecule has 0 heteroatoms. The summed E-state index contributed by atoms with van der Waals surface area (Å²) in [6.07, 6.45) is 0. The molecule has 0 saturated heterocycles. The van der Waals surface area contributed by atoms with Gasteiger partial charge >= 0.3 is 0 Å². The van der Waals surface area contributed by atoms with Crippen molar-refractivity contribution in [3.63, 3.8) is 0 Å². The fourth-order valence-corrected chi connectivity index (χ4v) is 2.18. The zero-order chi connectivity index (χ0) is 17.1. The van der Waals surface area contributed by atoms with Gasteiger partial charge in [-0.15, -0.1) is 0 Å². The van der Waals surface area contributed by atoms with Gasteiger partial charge in [-0.2, -0.15) is 0 Å². The molecule has 0 bridgehead atoms. The molecular formula is C22H32. The molecule has 0 fully saturated rings. The Hall–Kier alpha value is -1.82. The van der Waals surface area contributed by atoms with Crippen LogP contribution in [-0.2, 0) is 0 Å². The third-order valence-corrected chi connectivity index (χ3v) is 3.18. The van der Waals surface area contributed by atoms with Gasteiger partial charge in [0.2, 0.25) is 0 Å². The van der Waals surface area contributed by atoms with Gasteiger partial charge in [0.1, 0.15) is 0 Å². The van der Waals surface area contributed by atoms with Crippen molar-refractivity contribution in [2.75, 3.05) is 0 Å². The first-order chi connectivity index (χ1) is 10.6. The first-order valence-electron chi connectivity index (χ1n) is 8.39. The van der Waals surface area contributed by atoms with Crippen LogP contribution >= 0.6 is 0 Å². The molecule has 2 aromatic rings. The summed E-state index contributed by atoms with van der Waals surface area (Å²) in [7, 11) is 0. The minimum absolute atomic E-state index is 1.30. The van der Waals surface area contributed by atoms with Crippen LogP contribution in [0.4, 0.5) is 0 Å². The van der Waals surface area contributed by atoms with Gasteiger partial charge < -0.3 is 0 Å². The van der Waals surface area contributed by atoms with E-state index >= 15 is 0 Å². The maximum absolute atomic E-state index is 2.21. The van der Waals surface area contributed by atoms with Gasteiger partial charge in [0.15, 0.2) is 0 Å². The van der Waals surface area contributed by atoms with Crippen molar-refractivity contribution >= 4 is 5.57 Å². The highest BCUT2D eigenvalue weighted by atomic mass is 14.1. The molecule has 2 aromatic carbocycles. The van der Waals surface area contributed by atoms with Crippen LogP contribution in [0, 0.1) is 13.8 Å². The van der Waals surface area contributed by atoms with Crippen molar-refractivity contribution < 1.29 is 0 Å². The van der Waals surface area contributed by atoms with Gasteiger partial charge in [0.05, 0.1) is 0 Å². The average molecular weight is 296 g/mol. The third kappa shape index (κ3) is 5.89. The topological polar surface area (TPSA) is 0 Å². The molecule has 0 saturated carbocycles. The van der Waals surface area contributed by atoms with Crippen molar-refractivity contribution in [3.05, 3.63) is 76.4 Å². The summed E-state index contributed by atoms with van der Waals surface area (Å²) < 4.78 is 0. The maximum Gasteiger partial charge on any atom is -0.0125 e. The minimum atomic E-state index is 1.30. The van der Waals surface area contributed by atoms with E-state index in [0.29, 0.717) is 0 Å². The molecule has 0 aliphatic carbocycles. The highest BCUT2D eigenvalue weighted by molar-refractivity contribution is 5.81. The standard InChI is InChI=1S/C18H20.2C2H6/c1-13(2)18(16-9-5-14(3)6-10-16)17-11-7-15(4)8-12-17;2*1-2/h5-12H,1-4H3;2*1-2H3. The SMILES string of the molecule is CC.CC.CC(C)=C(c1ccc(C)cc1)c1ccc(C)cc1. The van der Waals surface area contributed by atoms with Crippen molar-refractivity contribution in [2.45, 2.75) is 55.4 Å². The maximum atomic E-state index is 2.21. The van der Waals surface area contributed by atoms with Crippen molar-refractivity contribution in [1.82, 2.24) is 0 Å². The number of benzene rings is 2. The quantitative estimate of drug-likeness (QED) is 0.549. The molecule has 0 aliphatic rings. The van der Waals surface area contributed by atoms with Gasteiger partial charge in [-0.25, -0.2) is 0 Å². The number of hydrogen-bond acceptors (Lipinski definition) is 0. The molecule has 22 heavy (non-hydrogen) atoms. The molecule has 0 spiro atoms. The monoisotopic (exact) mass is 296 g/mol. The minimum Gasteiger partial charge on any atom is -0.0683 e. The van der Waals surface area contributed by atoms with Crippen LogP contribution in [0.5, 0.6) is 0 Å². The molecule has 0 nitrogen and oxygen atoms in total. The van der Waals surface area contributed by atoms with Crippen molar-refractivity contribution in [3.8, 4) is 0 Å². The Morgan fingerprint density at radius 2 is 0.818 bits per heavy atom. The van der Waals surface area contributed by atoms with E-state index in [4.69, 9.17) is 0 Å². The molecule has 0 aliphatic heterocycles. The molecule has 0 N–H and O–H groups in total. The molecular weight excluding hydrogens is 264 g/mol. The fraction of sp³-hybridized carbons (Fsp3) is 0.364. The second-order valence-electron chi connectivity index (χ2n) is 5.11. The predicted molar refractivity (Wildman–Crippen MR) is 102 cm³/mol. The van der Waals surface area contributed by atoms with Crippen LogP contribution in [0.15, 0.2) is 54.1 Å². The number of rotatable bonds is 2. The fourth-order valence-electron chi connectivity index (χ4n) is 2.18. The van der Waals surface area contributed by atoms with Gasteiger partial charge in [-0.05, 0) is 44.4 Å². The van der Waals surface area contributed by atoms with Crippen LogP contribution in [-0.4, -0.2) is 0 Å². The van der Waals surface area contributed by atoms with Gasteiger partial charge in [0.25, 0.3) is 0 Å². The van der Waals surface area contributed by atoms with Crippen LogP contribution in [0.1, 0.15) is 63.8 Å². The highest BCUT2D eigenvalue weighted by Gasteiger charge is 2.06. The molecule has 0 unspecified atom stereocenters. The van der Waals surface area contributed by atoms with Crippen molar-refractivity contribution in [1.29, 1.82) is 0 Å². The molecule has 0 radical (unpaired) electrons. The zero-order valence-corrected chi connectivity index (χ0v) is 15.6. The van der Waals surface area contributed by atoms with Crippen LogP contribution < -0.4 is 0 Å². The smallest absolute Gasteiger partial charge is 0.0125 e. The van der Waals surface area contributed by atoms with Crippen LogP contribution in [0.25, 0.3) is 5.57 Å². The third-order valence-electron chi connectivity index (χ3n) is 3.18. The summed E-state index contributed by atoms with van der Waals surface area (Å²) in [4.78, 5) is 0. The lowest BCUT2D eigenvalue weighted by Crippen LogP contribution is -1.91. The molecule has 120 valence electrons. The summed E-state index contributed by atoms with van der Waals surface area (Å²) >= 11 is 0. The number of aryl methyl sites for hydroxylation is 2. The van der Waals surface area contributed by atoms with Crippen LogP contribution in [0.3, 0.4) is 0 Å². The Labute approximate surface area is 137 Å². The summed E-state index contributed by atoms with van der Waals surface area (Å²) in [5.41, 5.74) is 7.89. The second-order valence-corrected chi connectivity index (χ2v) is 5.11.